The van der Waals surface area contributed by atoms with Crippen LogP contribution in [-0.2, 0) is 16.0 Å². The number of methoxy groups -OCH3 is 1. The average Bonchev–Trinajstić information content (AvgIpc) is 2.57. The zero-order chi connectivity index (χ0) is 17.7. The third-order valence-electron chi connectivity index (χ3n) is 3.35. The maximum atomic E-state index is 13.2. The van der Waals surface area contributed by atoms with E-state index in [-0.39, 0.29) is 12.0 Å². The molecule has 0 fully saturated rings. The minimum atomic E-state index is -1.14. The van der Waals surface area contributed by atoms with Crippen LogP contribution in [0.25, 0.3) is 0 Å². The average molecular weight is 398 g/mol. The van der Waals surface area contributed by atoms with Crippen LogP contribution >= 0.6 is 15.9 Å². The molecule has 126 valence electrons. The molecule has 2 aromatic rings. The lowest BCUT2D eigenvalue weighted by Gasteiger charge is -2.17. The molecule has 4 nitrogen and oxygen atoms in total. The third kappa shape index (κ3) is 4.38. The quantitative estimate of drug-likeness (QED) is 0.787. The van der Waals surface area contributed by atoms with Crippen LogP contribution in [0.5, 0.6) is 0 Å². The summed E-state index contributed by atoms with van der Waals surface area (Å²) in [6.45, 7) is 0. The van der Waals surface area contributed by atoms with Gasteiger partial charge in [-0.2, -0.15) is 0 Å². The molecule has 0 unspecified atom stereocenters. The van der Waals surface area contributed by atoms with Gasteiger partial charge in [-0.1, -0.05) is 34.1 Å². The molecule has 0 heterocycles. The molecule has 0 aromatic heterocycles. The maximum absolute atomic E-state index is 13.2. The van der Waals surface area contributed by atoms with E-state index in [1.54, 1.807) is 18.2 Å². The lowest BCUT2D eigenvalue weighted by atomic mass is 10.1. The van der Waals surface area contributed by atoms with Gasteiger partial charge in [-0.15, -0.1) is 0 Å². The predicted octanol–water partition coefficient (Wildman–Crippen LogP) is 3.24. The van der Waals surface area contributed by atoms with Crippen molar-refractivity contribution in [3.05, 3.63) is 69.7 Å². The first-order chi connectivity index (χ1) is 11.4. The minimum Gasteiger partial charge on any atom is -0.467 e. The highest BCUT2D eigenvalue weighted by Gasteiger charge is 2.23. The Morgan fingerprint density at radius 1 is 1.17 bits per heavy atom. The van der Waals surface area contributed by atoms with E-state index in [4.69, 9.17) is 4.74 Å². The summed E-state index contributed by atoms with van der Waals surface area (Å²) >= 11 is 3.37. The molecule has 0 saturated carbocycles. The van der Waals surface area contributed by atoms with Gasteiger partial charge in [0.25, 0.3) is 5.91 Å². The van der Waals surface area contributed by atoms with Crippen LogP contribution in [0.3, 0.4) is 0 Å². The molecule has 1 amide bonds. The zero-order valence-electron chi connectivity index (χ0n) is 12.7. The Hall–Kier alpha value is -2.28. The summed E-state index contributed by atoms with van der Waals surface area (Å²) in [4.78, 5) is 24.1. The van der Waals surface area contributed by atoms with E-state index in [9.17, 15) is 18.4 Å². The fourth-order valence-electron chi connectivity index (χ4n) is 2.10. The molecule has 7 heteroatoms. The molecule has 0 aliphatic carbocycles. The molecular weight excluding hydrogens is 384 g/mol. The van der Waals surface area contributed by atoms with E-state index in [2.05, 4.69) is 21.2 Å². The van der Waals surface area contributed by atoms with E-state index in [1.165, 1.54) is 7.11 Å². The van der Waals surface area contributed by atoms with Gasteiger partial charge in [0, 0.05) is 16.5 Å². The van der Waals surface area contributed by atoms with Crippen molar-refractivity contribution in [3.63, 3.8) is 0 Å². The smallest absolute Gasteiger partial charge is 0.328 e. The summed E-state index contributed by atoms with van der Waals surface area (Å²) < 4.78 is 31.7. The number of carbonyl (C=O) groups is 2. The van der Waals surface area contributed by atoms with Crippen molar-refractivity contribution in [2.24, 2.45) is 0 Å². The number of esters is 1. The number of nitrogens with one attached hydrogen (secondary N) is 1. The standard InChI is InChI=1S/C17H14BrF2NO3/c1-24-17(23)15(9-10-4-2-3-5-12(10)18)21-16(22)11-6-7-13(19)14(20)8-11/h2-8,15H,9H2,1H3,(H,21,22)/t15-/m1/s1. The van der Waals surface area contributed by atoms with Gasteiger partial charge in [0.2, 0.25) is 0 Å². The normalized spacial score (nSPS) is 11.7. The molecule has 2 rings (SSSR count). The SMILES string of the molecule is COC(=O)[C@@H](Cc1ccccc1Br)NC(=O)c1ccc(F)c(F)c1. The highest BCUT2D eigenvalue weighted by Crippen LogP contribution is 2.18. The fourth-order valence-corrected chi connectivity index (χ4v) is 2.54. The van der Waals surface area contributed by atoms with Gasteiger partial charge < -0.3 is 10.1 Å². The molecule has 0 aliphatic heterocycles. The molecule has 0 spiro atoms. The first kappa shape index (κ1) is 18.1. The summed E-state index contributed by atoms with van der Waals surface area (Å²) in [5, 5.41) is 2.48. The first-order valence-corrected chi connectivity index (χ1v) is 7.79. The molecule has 0 bridgehead atoms. The van der Waals surface area contributed by atoms with Crippen LogP contribution in [0, 0.1) is 11.6 Å². The predicted molar refractivity (Wildman–Crippen MR) is 87.5 cm³/mol. The third-order valence-corrected chi connectivity index (χ3v) is 4.13. The Kier molecular flexibility index (Phi) is 6.03. The van der Waals surface area contributed by atoms with Crippen molar-refractivity contribution >= 4 is 27.8 Å². The molecular formula is C17H14BrF2NO3. The maximum Gasteiger partial charge on any atom is 0.328 e. The highest BCUT2D eigenvalue weighted by atomic mass is 79.9. The van der Waals surface area contributed by atoms with Gasteiger partial charge in [-0.25, -0.2) is 13.6 Å². The Morgan fingerprint density at radius 2 is 1.88 bits per heavy atom. The fraction of sp³-hybridized carbons (Fsp3) is 0.176. The largest absolute Gasteiger partial charge is 0.467 e. The topological polar surface area (TPSA) is 55.4 Å². The van der Waals surface area contributed by atoms with Gasteiger partial charge in [0.05, 0.1) is 7.11 Å². The summed E-state index contributed by atoms with van der Waals surface area (Å²) in [5.41, 5.74) is 0.702. The van der Waals surface area contributed by atoms with Crippen LogP contribution in [0.4, 0.5) is 8.78 Å². The van der Waals surface area contributed by atoms with Crippen LogP contribution < -0.4 is 5.32 Å². The molecule has 1 atom stereocenters. The van der Waals surface area contributed by atoms with Crippen molar-refractivity contribution in [3.8, 4) is 0 Å². The van der Waals surface area contributed by atoms with Gasteiger partial charge >= 0.3 is 5.97 Å². The highest BCUT2D eigenvalue weighted by molar-refractivity contribution is 9.10. The summed E-state index contributed by atoms with van der Waals surface area (Å²) in [6, 6.07) is 9.02. The van der Waals surface area contributed by atoms with Crippen molar-refractivity contribution in [1.82, 2.24) is 5.32 Å². The molecule has 2 aromatic carbocycles. The minimum absolute atomic E-state index is 0.0880. The van der Waals surface area contributed by atoms with Crippen LogP contribution in [0.2, 0.25) is 0 Å². The Labute approximate surface area is 145 Å². The van der Waals surface area contributed by atoms with Crippen LogP contribution in [0.15, 0.2) is 46.9 Å². The lowest BCUT2D eigenvalue weighted by Crippen LogP contribution is -2.43. The summed E-state index contributed by atoms with van der Waals surface area (Å²) in [5.74, 6) is -3.52. The number of benzene rings is 2. The number of carbonyl (C=O) groups excluding carboxylic acids is 2. The number of halogens is 3. The molecule has 0 saturated heterocycles. The van der Waals surface area contributed by atoms with E-state index in [1.807, 2.05) is 6.07 Å². The Bertz CT molecular complexity index is 767. The van der Waals surface area contributed by atoms with Crippen molar-refractivity contribution in [2.45, 2.75) is 12.5 Å². The number of hydrogen-bond acceptors (Lipinski definition) is 3. The van der Waals surface area contributed by atoms with Crippen LogP contribution in [-0.4, -0.2) is 25.0 Å². The summed E-state index contributed by atoms with van der Waals surface area (Å²) in [7, 11) is 1.21. The van der Waals surface area contributed by atoms with Gasteiger partial charge in [-0.3, -0.25) is 4.79 Å². The first-order valence-electron chi connectivity index (χ1n) is 6.99. The van der Waals surface area contributed by atoms with Crippen molar-refractivity contribution in [1.29, 1.82) is 0 Å². The second-order valence-electron chi connectivity index (χ2n) is 4.97. The number of hydrogen-bond donors (Lipinski definition) is 1. The Morgan fingerprint density at radius 3 is 2.50 bits per heavy atom. The molecule has 0 aliphatic rings. The van der Waals surface area contributed by atoms with E-state index in [0.29, 0.717) is 0 Å². The zero-order valence-corrected chi connectivity index (χ0v) is 14.3. The van der Waals surface area contributed by atoms with E-state index < -0.39 is 29.6 Å². The van der Waals surface area contributed by atoms with Crippen molar-refractivity contribution < 1.29 is 23.1 Å². The molecule has 1 N–H and O–H groups in total. The van der Waals surface area contributed by atoms with Gasteiger partial charge in [0.15, 0.2) is 11.6 Å². The van der Waals surface area contributed by atoms with E-state index >= 15 is 0 Å². The second kappa shape index (κ2) is 8.01. The molecule has 0 radical (unpaired) electrons. The van der Waals surface area contributed by atoms with Crippen LogP contribution in [0.1, 0.15) is 15.9 Å². The van der Waals surface area contributed by atoms with Gasteiger partial charge in [-0.05, 0) is 29.8 Å². The second-order valence-corrected chi connectivity index (χ2v) is 5.83. The van der Waals surface area contributed by atoms with Gasteiger partial charge in [0.1, 0.15) is 6.04 Å². The number of rotatable bonds is 5. The number of amides is 1. The van der Waals surface area contributed by atoms with Crippen molar-refractivity contribution in [2.75, 3.05) is 7.11 Å². The summed E-state index contributed by atoms with van der Waals surface area (Å²) in [6.07, 6.45) is 0.184. The molecule has 24 heavy (non-hydrogen) atoms. The number of ether oxygens (including phenoxy) is 1. The monoisotopic (exact) mass is 397 g/mol. The Balaban J connectivity index is 2.19. The lowest BCUT2D eigenvalue weighted by molar-refractivity contribution is -0.142. The van der Waals surface area contributed by atoms with E-state index in [0.717, 1.165) is 28.2 Å².